The molecule has 0 radical (unpaired) electrons. The summed E-state index contributed by atoms with van der Waals surface area (Å²) >= 11 is 0. The maximum absolute atomic E-state index is 10.9. The Morgan fingerprint density at radius 3 is 2.50 bits per heavy atom. The van der Waals surface area contributed by atoms with Crippen molar-refractivity contribution >= 4 is 23.4 Å². The first-order chi connectivity index (χ1) is 15.5. The molecule has 0 saturated heterocycles. The summed E-state index contributed by atoms with van der Waals surface area (Å²) in [6.45, 7) is 2.40. The van der Waals surface area contributed by atoms with Gasteiger partial charge in [-0.1, -0.05) is 12.1 Å². The number of ether oxygens (including phenoxy) is 2. The van der Waals surface area contributed by atoms with Crippen LogP contribution in [0.3, 0.4) is 0 Å². The first-order valence-corrected chi connectivity index (χ1v) is 9.48. The fraction of sp³-hybridized carbons (Fsp3) is 0.143. The number of non-ortho nitro benzene ring substituents is 1. The van der Waals surface area contributed by atoms with E-state index in [9.17, 15) is 20.2 Å². The van der Waals surface area contributed by atoms with Crippen molar-refractivity contribution in [2.75, 3.05) is 12.0 Å². The van der Waals surface area contributed by atoms with Gasteiger partial charge in [-0.3, -0.25) is 25.7 Å². The molecular weight excluding hydrogens is 418 g/mol. The Labute approximate surface area is 182 Å². The van der Waals surface area contributed by atoms with Gasteiger partial charge in [-0.15, -0.1) is 0 Å². The van der Waals surface area contributed by atoms with Gasteiger partial charge < -0.3 is 9.47 Å². The quantitative estimate of drug-likeness (QED) is 0.281. The van der Waals surface area contributed by atoms with Crippen LogP contribution in [0.2, 0.25) is 0 Å². The molecule has 0 unspecified atom stereocenters. The average molecular weight is 437 g/mol. The van der Waals surface area contributed by atoms with Crippen molar-refractivity contribution in [1.29, 1.82) is 0 Å². The Balaban J connectivity index is 1.67. The first-order valence-electron chi connectivity index (χ1n) is 9.48. The van der Waals surface area contributed by atoms with Crippen molar-refractivity contribution < 1.29 is 19.3 Å². The molecule has 11 heteroatoms. The number of nitrogens with one attached hydrogen (secondary N) is 1. The SMILES string of the molecule is CCOc1cc(/C=N/Nc2ccc([N+](=O)[O-])cn2)ccc1OCc1cccc([N+](=O)[O-])c1. The van der Waals surface area contributed by atoms with Gasteiger partial charge in [-0.05, 0) is 42.3 Å². The molecule has 0 bridgehead atoms. The second kappa shape index (κ2) is 10.5. The first kappa shape index (κ1) is 22.2. The van der Waals surface area contributed by atoms with Crippen molar-refractivity contribution in [3.8, 4) is 11.5 Å². The minimum absolute atomic E-state index is 0.00213. The van der Waals surface area contributed by atoms with Gasteiger partial charge in [0.25, 0.3) is 11.4 Å². The number of benzene rings is 2. The minimum atomic E-state index is -0.530. The summed E-state index contributed by atoms with van der Waals surface area (Å²) in [6.07, 6.45) is 2.68. The molecule has 1 N–H and O–H groups in total. The predicted molar refractivity (Wildman–Crippen MR) is 117 cm³/mol. The van der Waals surface area contributed by atoms with E-state index in [-0.39, 0.29) is 18.0 Å². The van der Waals surface area contributed by atoms with Crippen LogP contribution in [0.4, 0.5) is 17.2 Å². The summed E-state index contributed by atoms with van der Waals surface area (Å²) in [6, 6.07) is 14.2. The van der Waals surface area contributed by atoms with Crippen LogP contribution in [0.1, 0.15) is 18.1 Å². The summed E-state index contributed by atoms with van der Waals surface area (Å²) in [4.78, 5) is 24.5. The third kappa shape index (κ3) is 5.98. The maximum atomic E-state index is 10.9. The topological polar surface area (TPSA) is 142 Å². The van der Waals surface area contributed by atoms with Gasteiger partial charge in [0.15, 0.2) is 11.5 Å². The van der Waals surface area contributed by atoms with Crippen molar-refractivity contribution in [2.45, 2.75) is 13.5 Å². The molecule has 1 heterocycles. The van der Waals surface area contributed by atoms with E-state index in [2.05, 4.69) is 15.5 Å². The van der Waals surface area contributed by atoms with Gasteiger partial charge in [-0.2, -0.15) is 5.10 Å². The third-order valence-corrected chi connectivity index (χ3v) is 4.13. The summed E-state index contributed by atoms with van der Waals surface area (Å²) in [5, 5.41) is 25.6. The second-order valence-corrected chi connectivity index (χ2v) is 6.38. The highest BCUT2D eigenvalue weighted by molar-refractivity contribution is 5.81. The summed E-state index contributed by atoms with van der Waals surface area (Å²) in [5.41, 5.74) is 3.96. The highest BCUT2D eigenvalue weighted by atomic mass is 16.6. The van der Waals surface area contributed by atoms with Crippen LogP contribution in [0.5, 0.6) is 11.5 Å². The van der Waals surface area contributed by atoms with Crippen molar-refractivity contribution in [3.05, 3.63) is 92.1 Å². The molecule has 0 saturated carbocycles. The van der Waals surface area contributed by atoms with Gasteiger partial charge >= 0.3 is 0 Å². The summed E-state index contributed by atoms with van der Waals surface area (Å²) in [7, 11) is 0. The number of rotatable bonds is 10. The van der Waals surface area contributed by atoms with E-state index in [0.717, 1.165) is 6.20 Å². The number of nitro benzene ring substituents is 1. The van der Waals surface area contributed by atoms with E-state index in [4.69, 9.17) is 9.47 Å². The number of nitrogens with zero attached hydrogens (tertiary/aromatic N) is 4. The smallest absolute Gasteiger partial charge is 0.287 e. The fourth-order valence-corrected chi connectivity index (χ4v) is 2.65. The molecule has 3 aromatic rings. The molecule has 32 heavy (non-hydrogen) atoms. The lowest BCUT2D eigenvalue weighted by Crippen LogP contribution is -2.01. The van der Waals surface area contributed by atoms with E-state index in [1.165, 1.54) is 30.5 Å². The van der Waals surface area contributed by atoms with Crippen LogP contribution in [0, 0.1) is 20.2 Å². The van der Waals surface area contributed by atoms with E-state index < -0.39 is 9.85 Å². The second-order valence-electron chi connectivity index (χ2n) is 6.38. The summed E-state index contributed by atoms with van der Waals surface area (Å²) in [5.74, 6) is 1.34. The Morgan fingerprint density at radius 1 is 1.00 bits per heavy atom. The van der Waals surface area contributed by atoms with Crippen LogP contribution in [0.15, 0.2) is 65.9 Å². The van der Waals surface area contributed by atoms with Gasteiger partial charge in [0.2, 0.25) is 0 Å². The highest BCUT2D eigenvalue weighted by Crippen LogP contribution is 2.29. The average Bonchev–Trinajstić information content (AvgIpc) is 2.79. The molecule has 0 atom stereocenters. The zero-order valence-corrected chi connectivity index (χ0v) is 17.0. The molecule has 0 amide bonds. The Kier molecular flexibility index (Phi) is 7.25. The molecule has 0 aliphatic heterocycles. The number of pyridine rings is 1. The number of nitro groups is 2. The zero-order valence-electron chi connectivity index (χ0n) is 17.0. The Morgan fingerprint density at radius 2 is 1.81 bits per heavy atom. The highest BCUT2D eigenvalue weighted by Gasteiger charge is 2.09. The van der Waals surface area contributed by atoms with E-state index in [1.54, 1.807) is 30.3 Å². The fourth-order valence-electron chi connectivity index (χ4n) is 2.65. The molecule has 164 valence electrons. The largest absolute Gasteiger partial charge is 0.490 e. The molecule has 0 aliphatic rings. The normalized spacial score (nSPS) is 10.7. The van der Waals surface area contributed by atoms with Gasteiger partial charge in [0, 0.05) is 18.2 Å². The monoisotopic (exact) mass is 437 g/mol. The maximum Gasteiger partial charge on any atom is 0.287 e. The van der Waals surface area contributed by atoms with Crippen LogP contribution in [-0.4, -0.2) is 27.7 Å². The van der Waals surface area contributed by atoms with Crippen LogP contribution in [0.25, 0.3) is 0 Å². The third-order valence-electron chi connectivity index (χ3n) is 4.13. The molecular formula is C21H19N5O6. The van der Waals surface area contributed by atoms with Crippen molar-refractivity contribution in [2.24, 2.45) is 5.10 Å². The van der Waals surface area contributed by atoms with E-state index in [0.29, 0.717) is 35.1 Å². The number of aromatic nitrogens is 1. The molecule has 0 fully saturated rings. The molecule has 0 spiro atoms. The number of hydrazone groups is 1. The van der Waals surface area contributed by atoms with Crippen LogP contribution in [-0.2, 0) is 6.61 Å². The van der Waals surface area contributed by atoms with Gasteiger partial charge in [0.1, 0.15) is 18.6 Å². The molecule has 11 nitrogen and oxygen atoms in total. The molecule has 0 aliphatic carbocycles. The van der Waals surface area contributed by atoms with Crippen molar-refractivity contribution in [1.82, 2.24) is 4.98 Å². The number of hydrogen-bond donors (Lipinski definition) is 1. The molecule has 2 aromatic carbocycles. The van der Waals surface area contributed by atoms with Gasteiger partial charge in [-0.25, -0.2) is 4.98 Å². The lowest BCUT2D eigenvalue weighted by Gasteiger charge is -2.12. The van der Waals surface area contributed by atoms with Gasteiger partial charge in [0.05, 0.1) is 22.7 Å². The zero-order chi connectivity index (χ0) is 22.9. The molecule has 3 rings (SSSR count). The van der Waals surface area contributed by atoms with Crippen LogP contribution < -0.4 is 14.9 Å². The van der Waals surface area contributed by atoms with Crippen molar-refractivity contribution in [3.63, 3.8) is 0 Å². The number of hydrogen-bond acceptors (Lipinski definition) is 9. The number of anilines is 1. The Hall–Kier alpha value is -4.54. The Bertz CT molecular complexity index is 1130. The summed E-state index contributed by atoms with van der Waals surface area (Å²) < 4.78 is 11.4. The minimum Gasteiger partial charge on any atom is -0.490 e. The van der Waals surface area contributed by atoms with E-state index in [1.807, 2.05) is 6.92 Å². The van der Waals surface area contributed by atoms with E-state index >= 15 is 0 Å². The molecule has 1 aromatic heterocycles. The standard InChI is InChI=1S/C21H19N5O6/c1-2-31-20-11-15(12-23-24-21-9-7-18(13-22-21)26(29)30)6-8-19(20)32-14-16-4-3-5-17(10-16)25(27)28/h3-13H,2,14H2,1H3,(H,22,24)/b23-12+. The lowest BCUT2D eigenvalue weighted by molar-refractivity contribution is -0.385. The van der Waals surface area contributed by atoms with Crippen LogP contribution >= 0.6 is 0 Å². The predicted octanol–water partition coefficient (Wildman–Crippen LogP) is 4.32. The lowest BCUT2D eigenvalue weighted by atomic mass is 10.2.